The third kappa shape index (κ3) is 2.82. The molecule has 0 amide bonds. The van der Waals surface area contributed by atoms with Gasteiger partial charge in [-0.15, -0.1) is 0 Å². The molecule has 6 heteroatoms. The summed E-state index contributed by atoms with van der Waals surface area (Å²) in [6, 6.07) is 9.24. The minimum Gasteiger partial charge on any atom is -0.497 e. The van der Waals surface area contributed by atoms with Crippen molar-refractivity contribution in [1.82, 2.24) is 14.5 Å². The standard InChI is InChI=1S/C18H19N3O3/c1-3-4-10-21-16-15(17(22)20-18(21)23)14(8-9-19-16)12-6-5-7-13(11-12)24-2/h5-9,11H,3-4,10H2,1-2H3,(H,20,22,23). The van der Waals surface area contributed by atoms with Gasteiger partial charge in [-0.05, 0) is 35.7 Å². The maximum absolute atomic E-state index is 12.4. The van der Waals surface area contributed by atoms with E-state index in [9.17, 15) is 9.59 Å². The normalized spacial score (nSPS) is 10.9. The first-order valence-electron chi connectivity index (χ1n) is 7.92. The molecule has 6 nitrogen and oxygen atoms in total. The van der Waals surface area contributed by atoms with E-state index in [1.807, 2.05) is 31.2 Å². The first kappa shape index (κ1) is 16.0. The Hall–Kier alpha value is -2.89. The minimum atomic E-state index is -0.423. The second-order valence-corrected chi connectivity index (χ2v) is 5.55. The number of aromatic amines is 1. The molecule has 0 atom stereocenters. The average molecular weight is 325 g/mol. The highest BCUT2D eigenvalue weighted by molar-refractivity contribution is 5.92. The molecule has 1 N–H and O–H groups in total. The molecule has 0 spiro atoms. The van der Waals surface area contributed by atoms with Crippen LogP contribution in [0.2, 0.25) is 0 Å². The Morgan fingerprint density at radius 1 is 1.25 bits per heavy atom. The Morgan fingerprint density at radius 3 is 2.83 bits per heavy atom. The summed E-state index contributed by atoms with van der Waals surface area (Å²) in [6.07, 6.45) is 3.41. The molecule has 0 aliphatic rings. The number of H-pyrrole nitrogens is 1. The number of aryl methyl sites for hydroxylation is 1. The number of benzene rings is 1. The molecule has 0 saturated carbocycles. The van der Waals surface area contributed by atoms with Gasteiger partial charge in [-0.25, -0.2) is 9.78 Å². The molecule has 0 bridgehead atoms. The van der Waals surface area contributed by atoms with Crippen molar-refractivity contribution in [2.24, 2.45) is 0 Å². The van der Waals surface area contributed by atoms with Crippen molar-refractivity contribution < 1.29 is 4.74 Å². The van der Waals surface area contributed by atoms with Crippen LogP contribution in [0, 0.1) is 0 Å². The van der Waals surface area contributed by atoms with Crippen LogP contribution < -0.4 is 16.0 Å². The molecule has 0 aliphatic heterocycles. The number of fused-ring (bicyclic) bond motifs is 1. The lowest BCUT2D eigenvalue weighted by molar-refractivity contribution is 0.415. The third-order valence-electron chi connectivity index (χ3n) is 4.00. The molecule has 0 saturated heterocycles. The Balaban J connectivity index is 2.30. The summed E-state index contributed by atoms with van der Waals surface area (Å²) >= 11 is 0. The van der Waals surface area contributed by atoms with Crippen LogP contribution in [0.5, 0.6) is 5.75 Å². The number of nitrogens with one attached hydrogen (secondary N) is 1. The van der Waals surface area contributed by atoms with Crippen molar-refractivity contribution in [2.45, 2.75) is 26.3 Å². The van der Waals surface area contributed by atoms with E-state index in [0.717, 1.165) is 24.0 Å². The number of unbranched alkanes of at least 4 members (excludes halogenated alkanes) is 1. The van der Waals surface area contributed by atoms with Gasteiger partial charge in [-0.3, -0.25) is 14.3 Å². The van der Waals surface area contributed by atoms with Crippen molar-refractivity contribution >= 4 is 11.0 Å². The van der Waals surface area contributed by atoms with Gasteiger partial charge in [0, 0.05) is 12.7 Å². The van der Waals surface area contributed by atoms with E-state index < -0.39 is 11.2 Å². The fourth-order valence-electron chi connectivity index (χ4n) is 2.76. The maximum Gasteiger partial charge on any atom is 0.329 e. The summed E-state index contributed by atoms with van der Waals surface area (Å²) in [6.45, 7) is 2.57. The molecule has 0 radical (unpaired) electrons. The topological polar surface area (TPSA) is 77.0 Å². The number of rotatable bonds is 5. The zero-order valence-electron chi connectivity index (χ0n) is 13.7. The van der Waals surface area contributed by atoms with E-state index in [1.165, 1.54) is 4.57 Å². The van der Waals surface area contributed by atoms with Crippen LogP contribution in [0.15, 0.2) is 46.1 Å². The SMILES string of the molecule is CCCCn1c(=O)[nH]c(=O)c2c(-c3cccc(OC)c3)ccnc21. The molecule has 0 unspecified atom stereocenters. The monoisotopic (exact) mass is 325 g/mol. The van der Waals surface area contributed by atoms with Gasteiger partial charge in [0.2, 0.25) is 0 Å². The lowest BCUT2D eigenvalue weighted by Gasteiger charge is -2.11. The number of methoxy groups -OCH3 is 1. The fraction of sp³-hybridized carbons (Fsp3) is 0.278. The maximum atomic E-state index is 12.4. The molecular weight excluding hydrogens is 306 g/mol. The molecule has 2 heterocycles. The average Bonchev–Trinajstić information content (AvgIpc) is 2.61. The van der Waals surface area contributed by atoms with E-state index in [1.54, 1.807) is 19.4 Å². The minimum absolute atomic E-state index is 0.414. The Bertz CT molecular complexity index is 989. The zero-order valence-corrected chi connectivity index (χ0v) is 13.7. The van der Waals surface area contributed by atoms with Crippen LogP contribution in [-0.4, -0.2) is 21.6 Å². The highest BCUT2D eigenvalue weighted by Crippen LogP contribution is 2.27. The highest BCUT2D eigenvalue weighted by Gasteiger charge is 2.14. The Morgan fingerprint density at radius 2 is 2.08 bits per heavy atom. The van der Waals surface area contributed by atoms with Crippen LogP contribution in [0.4, 0.5) is 0 Å². The van der Waals surface area contributed by atoms with Crippen molar-refractivity contribution in [2.75, 3.05) is 7.11 Å². The second kappa shape index (κ2) is 6.70. The number of aromatic nitrogens is 3. The highest BCUT2D eigenvalue weighted by atomic mass is 16.5. The largest absolute Gasteiger partial charge is 0.497 e. The van der Waals surface area contributed by atoms with Gasteiger partial charge in [0.15, 0.2) is 0 Å². The molecule has 3 rings (SSSR count). The smallest absolute Gasteiger partial charge is 0.329 e. The number of pyridine rings is 1. The van der Waals surface area contributed by atoms with E-state index >= 15 is 0 Å². The molecule has 3 aromatic rings. The van der Waals surface area contributed by atoms with E-state index in [0.29, 0.717) is 23.3 Å². The molecule has 2 aromatic heterocycles. The summed E-state index contributed by atoms with van der Waals surface area (Å²) in [7, 11) is 1.60. The van der Waals surface area contributed by atoms with Crippen LogP contribution in [0.25, 0.3) is 22.2 Å². The van der Waals surface area contributed by atoms with Crippen molar-refractivity contribution in [1.29, 1.82) is 0 Å². The van der Waals surface area contributed by atoms with Gasteiger partial charge in [-0.2, -0.15) is 0 Å². The van der Waals surface area contributed by atoms with Crippen LogP contribution >= 0.6 is 0 Å². The molecule has 1 aromatic carbocycles. The third-order valence-corrected chi connectivity index (χ3v) is 4.00. The number of ether oxygens (including phenoxy) is 1. The van der Waals surface area contributed by atoms with Crippen molar-refractivity contribution in [3.8, 4) is 16.9 Å². The first-order chi connectivity index (χ1) is 11.7. The summed E-state index contributed by atoms with van der Waals surface area (Å²) in [4.78, 5) is 31.3. The molecule has 0 aliphatic carbocycles. The molecule has 0 fully saturated rings. The Kier molecular flexibility index (Phi) is 4.46. The van der Waals surface area contributed by atoms with E-state index in [2.05, 4.69) is 9.97 Å². The van der Waals surface area contributed by atoms with Crippen LogP contribution in [0.3, 0.4) is 0 Å². The zero-order chi connectivity index (χ0) is 17.1. The quantitative estimate of drug-likeness (QED) is 0.782. The van der Waals surface area contributed by atoms with Crippen LogP contribution in [-0.2, 0) is 6.54 Å². The van der Waals surface area contributed by atoms with E-state index in [4.69, 9.17) is 4.74 Å². The van der Waals surface area contributed by atoms with E-state index in [-0.39, 0.29) is 0 Å². The van der Waals surface area contributed by atoms with Crippen molar-refractivity contribution in [3.63, 3.8) is 0 Å². The number of hydrogen-bond donors (Lipinski definition) is 1. The molecular formula is C18H19N3O3. The first-order valence-corrected chi connectivity index (χ1v) is 7.92. The molecule has 124 valence electrons. The van der Waals surface area contributed by atoms with Gasteiger partial charge in [-0.1, -0.05) is 25.5 Å². The number of hydrogen-bond acceptors (Lipinski definition) is 4. The lowest BCUT2D eigenvalue weighted by Crippen LogP contribution is -2.31. The summed E-state index contributed by atoms with van der Waals surface area (Å²) in [5.41, 5.74) is 1.14. The predicted octanol–water partition coefficient (Wildman–Crippen LogP) is 2.56. The predicted molar refractivity (Wildman–Crippen MR) is 93.5 cm³/mol. The van der Waals surface area contributed by atoms with Gasteiger partial charge in [0.25, 0.3) is 5.56 Å². The second-order valence-electron chi connectivity index (χ2n) is 5.55. The fourth-order valence-corrected chi connectivity index (χ4v) is 2.76. The summed E-state index contributed by atoms with van der Waals surface area (Å²) < 4.78 is 6.79. The summed E-state index contributed by atoms with van der Waals surface area (Å²) in [5, 5.41) is 0.418. The lowest BCUT2D eigenvalue weighted by atomic mass is 10.0. The van der Waals surface area contributed by atoms with Gasteiger partial charge < -0.3 is 4.74 Å². The summed E-state index contributed by atoms with van der Waals surface area (Å²) in [5.74, 6) is 0.702. The van der Waals surface area contributed by atoms with Gasteiger partial charge >= 0.3 is 5.69 Å². The van der Waals surface area contributed by atoms with Gasteiger partial charge in [0.1, 0.15) is 11.4 Å². The number of nitrogens with zero attached hydrogens (tertiary/aromatic N) is 2. The Labute approximate surface area is 138 Å². The van der Waals surface area contributed by atoms with Gasteiger partial charge in [0.05, 0.1) is 12.5 Å². The molecule has 24 heavy (non-hydrogen) atoms. The van der Waals surface area contributed by atoms with Crippen molar-refractivity contribution in [3.05, 3.63) is 57.4 Å². The van der Waals surface area contributed by atoms with Crippen LogP contribution in [0.1, 0.15) is 19.8 Å².